The molecule has 0 unspecified atom stereocenters. The van der Waals surface area contributed by atoms with Gasteiger partial charge in [0.05, 0.1) is 6.54 Å². The number of hydrogen-bond acceptors (Lipinski definition) is 5. The van der Waals surface area contributed by atoms with Crippen molar-refractivity contribution in [1.82, 2.24) is 19.4 Å². The van der Waals surface area contributed by atoms with E-state index in [-0.39, 0.29) is 0 Å². The lowest BCUT2D eigenvalue weighted by atomic mass is 9.75. The normalized spacial score (nSPS) is 34.2. The summed E-state index contributed by atoms with van der Waals surface area (Å²) >= 11 is 0. The minimum atomic E-state index is 0.342. The fraction of sp³-hybridized carbons (Fsp3) is 0.571. The van der Waals surface area contributed by atoms with E-state index >= 15 is 0 Å². The smallest absolute Gasteiger partial charge is 0.231 e. The summed E-state index contributed by atoms with van der Waals surface area (Å²) in [4.78, 5) is 10.1. The molecule has 142 valence electrons. The monoisotopic (exact) mass is 366 g/mol. The number of imidazole rings is 1. The average Bonchev–Trinajstić information content (AvgIpc) is 3.42. The van der Waals surface area contributed by atoms with E-state index in [0.717, 1.165) is 36.3 Å². The Morgan fingerprint density at radius 2 is 1.96 bits per heavy atom. The SMILES string of the molecule is Cn1ccnc1CN1C[C@H](c2ccc3c(c2)OCO3)[C@H]2[C@@H]1C1CCN2CC1. The molecule has 5 aliphatic heterocycles. The van der Waals surface area contributed by atoms with Crippen molar-refractivity contribution >= 4 is 0 Å². The highest BCUT2D eigenvalue weighted by atomic mass is 16.7. The maximum atomic E-state index is 5.66. The first-order valence-electron chi connectivity index (χ1n) is 10.1. The van der Waals surface area contributed by atoms with E-state index in [1.165, 1.54) is 31.5 Å². The van der Waals surface area contributed by atoms with Gasteiger partial charge in [0.2, 0.25) is 6.79 Å². The zero-order chi connectivity index (χ0) is 18.0. The van der Waals surface area contributed by atoms with E-state index in [1.54, 1.807) is 0 Å². The number of hydrogen-bond donors (Lipinski definition) is 0. The summed E-state index contributed by atoms with van der Waals surface area (Å²) in [6.45, 7) is 4.88. The molecular weight excluding hydrogens is 340 g/mol. The van der Waals surface area contributed by atoms with Crippen molar-refractivity contribution in [1.29, 1.82) is 0 Å². The lowest BCUT2D eigenvalue weighted by molar-refractivity contribution is -0.00947. The molecule has 2 aromatic rings. The van der Waals surface area contributed by atoms with Crippen LogP contribution in [0.3, 0.4) is 0 Å². The fourth-order valence-corrected chi connectivity index (χ4v) is 5.89. The summed E-state index contributed by atoms with van der Waals surface area (Å²) in [6.07, 6.45) is 6.64. The Labute approximate surface area is 159 Å². The second kappa shape index (κ2) is 5.97. The molecular formula is C21H26N4O2. The molecule has 1 aromatic heterocycles. The molecule has 0 amide bonds. The van der Waals surface area contributed by atoms with Crippen LogP contribution in [0, 0.1) is 5.92 Å². The van der Waals surface area contributed by atoms with Crippen molar-refractivity contribution in [3.63, 3.8) is 0 Å². The summed E-state index contributed by atoms with van der Waals surface area (Å²) in [7, 11) is 2.10. The number of fused-ring (bicyclic) bond motifs is 3. The van der Waals surface area contributed by atoms with Gasteiger partial charge in [0, 0.05) is 44.0 Å². The van der Waals surface area contributed by atoms with E-state index in [4.69, 9.17) is 9.47 Å². The van der Waals surface area contributed by atoms with Gasteiger partial charge in [-0.2, -0.15) is 0 Å². The predicted octanol–water partition coefficient (Wildman–Crippen LogP) is 2.21. The Morgan fingerprint density at radius 1 is 1.11 bits per heavy atom. The third kappa shape index (κ3) is 2.43. The summed E-state index contributed by atoms with van der Waals surface area (Å²) < 4.78 is 13.3. The number of aryl methyl sites for hydroxylation is 1. The molecule has 27 heavy (non-hydrogen) atoms. The predicted molar refractivity (Wildman–Crippen MR) is 101 cm³/mol. The van der Waals surface area contributed by atoms with E-state index in [9.17, 15) is 0 Å². The van der Waals surface area contributed by atoms with Gasteiger partial charge in [-0.1, -0.05) is 6.07 Å². The largest absolute Gasteiger partial charge is 0.454 e. The van der Waals surface area contributed by atoms with Crippen LogP contribution in [0.1, 0.15) is 30.1 Å². The Balaban J connectivity index is 1.36. The first-order valence-corrected chi connectivity index (χ1v) is 10.1. The summed E-state index contributed by atoms with van der Waals surface area (Å²) in [5.41, 5.74) is 1.39. The lowest BCUT2D eigenvalue weighted by Gasteiger charge is -2.51. The number of piperidine rings is 3. The zero-order valence-corrected chi connectivity index (χ0v) is 15.8. The molecule has 1 aromatic carbocycles. The van der Waals surface area contributed by atoms with Crippen molar-refractivity contribution in [3.8, 4) is 11.5 Å². The molecule has 4 fully saturated rings. The topological polar surface area (TPSA) is 42.8 Å². The van der Waals surface area contributed by atoms with Crippen LogP contribution in [0.15, 0.2) is 30.6 Å². The molecule has 5 aliphatic rings. The molecule has 3 atom stereocenters. The molecule has 0 radical (unpaired) electrons. The molecule has 0 aliphatic carbocycles. The first-order chi connectivity index (χ1) is 13.3. The van der Waals surface area contributed by atoms with Gasteiger partial charge in [0.25, 0.3) is 0 Å². The highest BCUT2D eigenvalue weighted by Crippen LogP contribution is 2.48. The van der Waals surface area contributed by atoms with E-state index in [1.807, 2.05) is 6.20 Å². The molecule has 0 N–H and O–H groups in total. The molecule has 6 heteroatoms. The van der Waals surface area contributed by atoms with Crippen LogP contribution in [0.5, 0.6) is 11.5 Å². The number of nitrogens with zero attached hydrogens (tertiary/aromatic N) is 4. The van der Waals surface area contributed by atoms with Crippen LogP contribution >= 0.6 is 0 Å². The Morgan fingerprint density at radius 3 is 2.78 bits per heavy atom. The maximum absolute atomic E-state index is 5.66. The molecule has 6 heterocycles. The number of ether oxygens (including phenoxy) is 2. The van der Waals surface area contributed by atoms with Crippen LogP contribution in [-0.4, -0.2) is 57.9 Å². The van der Waals surface area contributed by atoms with E-state index in [2.05, 4.69) is 50.8 Å². The molecule has 4 saturated heterocycles. The molecule has 7 rings (SSSR count). The van der Waals surface area contributed by atoms with Gasteiger partial charge < -0.3 is 14.0 Å². The van der Waals surface area contributed by atoms with Gasteiger partial charge >= 0.3 is 0 Å². The van der Waals surface area contributed by atoms with Crippen LogP contribution in [-0.2, 0) is 13.6 Å². The van der Waals surface area contributed by atoms with Crippen LogP contribution in [0.25, 0.3) is 0 Å². The van der Waals surface area contributed by atoms with Gasteiger partial charge in [0.1, 0.15) is 5.82 Å². The van der Waals surface area contributed by atoms with Crippen LogP contribution in [0.4, 0.5) is 0 Å². The molecule has 0 saturated carbocycles. The van der Waals surface area contributed by atoms with Crippen molar-refractivity contribution in [2.24, 2.45) is 13.0 Å². The van der Waals surface area contributed by atoms with Gasteiger partial charge in [0.15, 0.2) is 11.5 Å². The summed E-state index contributed by atoms with van der Waals surface area (Å²) in [6, 6.07) is 7.81. The highest BCUT2D eigenvalue weighted by molar-refractivity contribution is 5.46. The molecule has 0 spiro atoms. The lowest BCUT2D eigenvalue weighted by Crippen LogP contribution is -2.60. The van der Waals surface area contributed by atoms with Crippen molar-refractivity contribution < 1.29 is 9.47 Å². The van der Waals surface area contributed by atoms with E-state index in [0.29, 0.717) is 24.8 Å². The number of rotatable bonds is 3. The maximum Gasteiger partial charge on any atom is 0.231 e. The van der Waals surface area contributed by atoms with Gasteiger partial charge in [-0.15, -0.1) is 0 Å². The van der Waals surface area contributed by atoms with Crippen LogP contribution < -0.4 is 9.47 Å². The Bertz CT molecular complexity index is 858. The fourth-order valence-electron chi connectivity index (χ4n) is 5.89. The van der Waals surface area contributed by atoms with Gasteiger partial charge in [-0.05, 0) is 49.5 Å². The third-order valence-corrected chi connectivity index (χ3v) is 7.18. The molecule has 6 nitrogen and oxygen atoms in total. The Kier molecular flexibility index (Phi) is 3.53. The minimum absolute atomic E-state index is 0.342. The van der Waals surface area contributed by atoms with Crippen molar-refractivity contribution in [2.45, 2.75) is 37.4 Å². The first kappa shape index (κ1) is 16.0. The standard InChI is InChI=1S/C21H26N4O2/c1-23-9-6-22-19(23)12-25-11-16(15-2-3-17-18(10-15)27-13-26-17)21-20(25)14-4-7-24(21)8-5-14/h2-3,6,9-10,14,16,20-21H,4-5,7-8,11-13H2,1H3/t16-,20+,21+/m1/s1. The van der Waals surface area contributed by atoms with Crippen LogP contribution in [0.2, 0.25) is 0 Å². The highest BCUT2D eigenvalue weighted by Gasteiger charge is 2.53. The minimum Gasteiger partial charge on any atom is -0.454 e. The second-order valence-electron chi connectivity index (χ2n) is 8.46. The average molecular weight is 366 g/mol. The number of benzene rings is 1. The Hall–Kier alpha value is -2.05. The van der Waals surface area contributed by atoms with E-state index < -0.39 is 0 Å². The van der Waals surface area contributed by atoms with Crippen molar-refractivity contribution in [3.05, 3.63) is 42.0 Å². The summed E-state index contributed by atoms with van der Waals surface area (Å²) in [5, 5.41) is 0. The zero-order valence-electron chi connectivity index (χ0n) is 15.8. The number of aromatic nitrogens is 2. The molecule has 2 bridgehead atoms. The summed E-state index contributed by atoms with van der Waals surface area (Å²) in [5.74, 6) is 4.29. The van der Waals surface area contributed by atoms with Gasteiger partial charge in [-0.3, -0.25) is 9.80 Å². The quantitative estimate of drug-likeness (QED) is 0.833. The number of likely N-dealkylation sites (tertiary alicyclic amines) is 1. The van der Waals surface area contributed by atoms with Crippen molar-refractivity contribution in [2.75, 3.05) is 26.4 Å². The third-order valence-electron chi connectivity index (χ3n) is 7.18. The van der Waals surface area contributed by atoms with Gasteiger partial charge in [-0.25, -0.2) is 4.98 Å². The second-order valence-corrected chi connectivity index (χ2v) is 8.46.